The second-order valence-electron chi connectivity index (χ2n) is 1.77. The number of hydrogen-bond acceptors (Lipinski definition) is 4. The van der Waals surface area contributed by atoms with Gasteiger partial charge in [-0.1, -0.05) is 0 Å². The van der Waals surface area contributed by atoms with Gasteiger partial charge in [0.2, 0.25) is 0 Å². The topological polar surface area (TPSA) is 47.0 Å². The van der Waals surface area contributed by atoms with E-state index in [1.54, 1.807) is 6.92 Å². The van der Waals surface area contributed by atoms with Crippen molar-refractivity contribution in [1.82, 2.24) is 4.98 Å². The molecular formula is C4H3BrClNO2S2. The van der Waals surface area contributed by atoms with Gasteiger partial charge in [0.1, 0.15) is 0 Å². The number of hydrogen-bond donors (Lipinski definition) is 0. The molecular weight excluding hydrogens is 274 g/mol. The number of halogens is 2. The van der Waals surface area contributed by atoms with E-state index in [1.165, 1.54) is 11.3 Å². The summed E-state index contributed by atoms with van der Waals surface area (Å²) in [6.07, 6.45) is 0. The van der Waals surface area contributed by atoms with E-state index in [4.69, 9.17) is 10.7 Å². The van der Waals surface area contributed by atoms with Crippen molar-refractivity contribution in [3.05, 3.63) is 8.79 Å². The number of thiazole rings is 1. The Labute approximate surface area is 81.0 Å². The Bertz CT molecular complexity index is 371. The number of nitrogens with zero attached hydrogens (tertiary/aromatic N) is 1. The molecule has 1 aromatic heterocycles. The minimum atomic E-state index is -3.67. The van der Waals surface area contributed by atoms with Crippen LogP contribution in [0.25, 0.3) is 0 Å². The molecule has 0 bridgehead atoms. The largest absolute Gasteiger partial charge is 0.279 e. The highest BCUT2D eigenvalue weighted by molar-refractivity contribution is 9.11. The van der Waals surface area contributed by atoms with E-state index in [2.05, 4.69) is 20.9 Å². The first-order valence-electron chi connectivity index (χ1n) is 2.49. The third kappa shape index (κ3) is 2.14. The summed E-state index contributed by atoms with van der Waals surface area (Å²) in [6.45, 7) is 1.65. The first-order chi connectivity index (χ1) is 4.91. The van der Waals surface area contributed by atoms with Gasteiger partial charge in [-0.2, -0.15) is 0 Å². The van der Waals surface area contributed by atoms with Crippen LogP contribution in [0.3, 0.4) is 0 Å². The van der Waals surface area contributed by atoms with E-state index in [0.29, 0.717) is 8.79 Å². The fraction of sp³-hybridized carbons (Fsp3) is 0.250. The van der Waals surface area contributed by atoms with Crippen molar-refractivity contribution >= 4 is 47.0 Å². The summed E-state index contributed by atoms with van der Waals surface area (Å²) in [5.41, 5.74) is 0. The maximum atomic E-state index is 10.8. The van der Waals surface area contributed by atoms with Gasteiger partial charge < -0.3 is 0 Å². The fourth-order valence-electron chi connectivity index (χ4n) is 0.578. The molecule has 0 aliphatic rings. The molecule has 1 aromatic rings. The van der Waals surface area contributed by atoms with Crippen LogP contribution in [0, 0.1) is 6.92 Å². The molecule has 1 heterocycles. The summed E-state index contributed by atoms with van der Waals surface area (Å²) < 4.78 is 22.0. The van der Waals surface area contributed by atoms with Crippen LogP contribution in [0.4, 0.5) is 0 Å². The van der Waals surface area contributed by atoms with E-state index in [0.717, 1.165) is 0 Å². The van der Waals surface area contributed by atoms with Crippen LogP contribution in [0.15, 0.2) is 8.94 Å². The first kappa shape index (κ1) is 9.44. The molecule has 0 amide bonds. The van der Waals surface area contributed by atoms with Gasteiger partial charge in [-0.15, -0.1) is 11.3 Å². The van der Waals surface area contributed by atoms with E-state index >= 15 is 0 Å². The minimum absolute atomic E-state index is 0.0592. The summed E-state index contributed by atoms with van der Waals surface area (Å²) in [5.74, 6) is 0. The predicted octanol–water partition coefficient (Wildman–Crippen LogP) is 2.14. The molecule has 0 unspecified atom stereocenters. The zero-order valence-corrected chi connectivity index (χ0v) is 9.31. The Kier molecular flexibility index (Phi) is 2.58. The van der Waals surface area contributed by atoms with Crippen molar-refractivity contribution in [2.24, 2.45) is 0 Å². The van der Waals surface area contributed by atoms with Crippen LogP contribution >= 0.6 is 37.9 Å². The molecule has 0 aliphatic carbocycles. The van der Waals surface area contributed by atoms with Gasteiger partial charge in [-0.3, -0.25) is 0 Å². The zero-order chi connectivity index (χ0) is 8.65. The van der Waals surface area contributed by atoms with Crippen LogP contribution in [0.5, 0.6) is 0 Å². The molecule has 3 nitrogen and oxygen atoms in total. The van der Waals surface area contributed by atoms with Crippen molar-refractivity contribution < 1.29 is 8.42 Å². The van der Waals surface area contributed by atoms with Gasteiger partial charge >= 0.3 is 0 Å². The number of aryl methyl sites for hydroxylation is 1. The molecule has 0 fully saturated rings. The summed E-state index contributed by atoms with van der Waals surface area (Å²) in [6, 6.07) is 0. The standard InChI is InChI=1S/C4H3BrClNO2S2/c1-2-3(11(6,8)9)7-4(5)10-2/h1H3. The van der Waals surface area contributed by atoms with E-state index in [-0.39, 0.29) is 5.03 Å². The van der Waals surface area contributed by atoms with E-state index < -0.39 is 9.05 Å². The number of aromatic nitrogens is 1. The first-order valence-corrected chi connectivity index (χ1v) is 6.41. The predicted molar refractivity (Wildman–Crippen MR) is 47.6 cm³/mol. The monoisotopic (exact) mass is 275 g/mol. The Hall–Kier alpha value is 0.350. The molecule has 0 radical (unpaired) electrons. The highest BCUT2D eigenvalue weighted by Gasteiger charge is 2.17. The SMILES string of the molecule is Cc1sc(Br)nc1S(=O)(=O)Cl. The zero-order valence-electron chi connectivity index (χ0n) is 5.34. The second kappa shape index (κ2) is 3.01. The highest BCUT2D eigenvalue weighted by Crippen LogP contribution is 2.27. The van der Waals surface area contributed by atoms with Gasteiger partial charge in [0.15, 0.2) is 8.94 Å². The van der Waals surface area contributed by atoms with Crippen molar-refractivity contribution in [3.8, 4) is 0 Å². The molecule has 0 aliphatic heterocycles. The lowest BCUT2D eigenvalue weighted by Crippen LogP contribution is -1.92. The molecule has 0 atom stereocenters. The Morgan fingerprint density at radius 3 is 2.36 bits per heavy atom. The Balaban J connectivity index is 3.36. The molecule has 7 heteroatoms. The maximum absolute atomic E-state index is 10.8. The van der Waals surface area contributed by atoms with Gasteiger partial charge in [0.05, 0.1) is 0 Å². The lowest BCUT2D eigenvalue weighted by Gasteiger charge is -1.87. The summed E-state index contributed by atoms with van der Waals surface area (Å²) >= 11 is 4.30. The lowest BCUT2D eigenvalue weighted by atomic mass is 10.6. The average Bonchev–Trinajstić information content (AvgIpc) is 2.08. The van der Waals surface area contributed by atoms with Crippen molar-refractivity contribution in [2.45, 2.75) is 11.9 Å². The lowest BCUT2D eigenvalue weighted by molar-refractivity contribution is 0.606. The van der Waals surface area contributed by atoms with E-state index in [1.807, 2.05) is 0 Å². The Morgan fingerprint density at radius 2 is 2.18 bits per heavy atom. The molecule has 11 heavy (non-hydrogen) atoms. The van der Waals surface area contributed by atoms with Crippen LogP contribution < -0.4 is 0 Å². The summed E-state index contributed by atoms with van der Waals surface area (Å²) in [7, 11) is 1.40. The Morgan fingerprint density at radius 1 is 1.64 bits per heavy atom. The second-order valence-corrected chi connectivity index (χ2v) is 6.73. The molecule has 1 rings (SSSR count). The molecule has 0 saturated heterocycles. The highest BCUT2D eigenvalue weighted by atomic mass is 79.9. The van der Waals surface area contributed by atoms with Gasteiger partial charge in [-0.25, -0.2) is 13.4 Å². The third-order valence-electron chi connectivity index (χ3n) is 0.959. The minimum Gasteiger partial charge on any atom is -0.216 e. The molecule has 62 valence electrons. The summed E-state index contributed by atoms with van der Waals surface area (Å²) in [4.78, 5) is 4.29. The average molecular weight is 277 g/mol. The van der Waals surface area contributed by atoms with Crippen LogP contribution in [0.1, 0.15) is 4.88 Å². The molecule has 0 spiro atoms. The van der Waals surface area contributed by atoms with Gasteiger partial charge in [0.25, 0.3) is 9.05 Å². The third-order valence-corrected chi connectivity index (χ3v) is 3.81. The van der Waals surface area contributed by atoms with Crippen molar-refractivity contribution in [1.29, 1.82) is 0 Å². The molecule has 0 saturated carbocycles. The van der Waals surface area contributed by atoms with Crippen molar-refractivity contribution in [3.63, 3.8) is 0 Å². The molecule has 0 N–H and O–H groups in total. The van der Waals surface area contributed by atoms with E-state index in [9.17, 15) is 8.42 Å². The van der Waals surface area contributed by atoms with Crippen LogP contribution in [-0.4, -0.2) is 13.4 Å². The molecule has 0 aromatic carbocycles. The smallest absolute Gasteiger partial charge is 0.216 e. The fourth-order valence-corrected chi connectivity index (χ4v) is 3.77. The normalized spacial score (nSPS) is 11.9. The quantitative estimate of drug-likeness (QED) is 0.738. The number of rotatable bonds is 1. The van der Waals surface area contributed by atoms with Gasteiger partial charge in [0, 0.05) is 15.6 Å². The van der Waals surface area contributed by atoms with Crippen molar-refractivity contribution in [2.75, 3.05) is 0 Å². The summed E-state index contributed by atoms with van der Waals surface area (Å²) in [5, 5.41) is -0.0592. The van der Waals surface area contributed by atoms with Crippen LogP contribution in [-0.2, 0) is 9.05 Å². The maximum Gasteiger partial charge on any atom is 0.279 e. The van der Waals surface area contributed by atoms with Crippen LogP contribution in [0.2, 0.25) is 0 Å². The van der Waals surface area contributed by atoms with Gasteiger partial charge in [-0.05, 0) is 22.9 Å².